The third kappa shape index (κ3) is 5.86. The molecule has 5 rings (SSSR count). The normalized spacial score (nSPS) is 13.7. The largest absolute Gasteiger partial charge is 0.337 e. The number of benzene rings is 2. The molecule has 8 nitrogen and oxygen atoms in total. The van der Waals surface area contributed by atoms with Gasteiger partial charge >= 0.3 is 0 Å². The lowest BCUT2D eigenvalue weighted by Crippen LogP contribution is -2.15. The van der Waals surface area contributed by atoms with E-state index < -0.39 is 10.0 Å². The molecule has 0 spiro atoms. The Labute approximate surface area is 242 Å². The van der Waals surface area contributed by atoms with Gasteiger partial charge in [-0.15, -0.1) is 0 Å². The van der Waals surface area contributed by atoms with Crippen molar-refractivity contribution in [2.75, 3.05) is 4.72 Å². The van der Waals surface area contributed by atoms with Gasteiger partial charge in [0.2, 0.25) is 5.88 Å². The molecule has 0 amide bonds. The maximum Gasteiger partial charge on any atom is 0.264 e. The number of nitrogens with zero attached hydrogens (tertiary/aromatic N) is 3. The summed E-state index contributed by atoms with van der Waals surface area (Å²) in [6, 6.07) is 13.2. The van der Waals surface area contributed by atoms with Crippen molar-refractivity contribution in [2.45, 2.75) is 90.5 Å². The second kappa shape index (κ2) is 12.0. The molecule has 216 valence electrons. The van der Waals surface area contributed by atoms with E-state index in [1.54, 1.807) is 26.0 Å². The Balaban J connectivity index is 1.54. The fourth-order valence-corrected chi connectivity index (χ4v) is 6.87. The summed E-state index contributed by atoms with van der Waals surface area (Å²) in [7, 11) is -3.95. The summed E-state index contributed by atoms with van der Waals surface area (Å²) in [4.78, 5) is 18.2. The summed E-state index contributed by atoms with van der Waals surface area (Å²) in [5.74, 6) is 1.27. The number of carbonyl (C=O) groups is 1. The van der Waals surface area contributed by atoms with Gasteiger partial charge in [0.15, 0.2) is 5.78 Å². The zero-order chi connectivity index (χ0) is 29.1. The number of fused-ring (bicyclic) bond motifs is 1. The van der Waals surface area contributed by atoms with Crippen LogP contribution in [0.3, 0.4) is 0 Å². The Kier molecular flexibility index (Phi) is 8.45. The minimum absolute atomic E-state index is 0.123. The van der Waals surface area contributed by atoms with Crippen molar-refractivity contribution in [1.29, 1.82) is 0 Å². The average molecular weight is 575 g/mol. The van der Waals surface area contributed by atoms with Crippen LogP contribution in [0.15, 0.2) is 51.9 Å². The lowest BCUT2D eigenvalue weighted by Gasteiger charge is -2.17. The van der Waals surface area contributed by atoms with E-state index in [1.807, 2.05) is 24.3 Å². The van der Waals surface area contributed by atoms with Crippen LogP contribution in [0.5, 0.6) is 0 Å². The van der Waals surface area contributed by atoms with Gasteiger partial charge in [0.1, 0.15) is 11.5 Å². The zero-order valence-corrected chi connectivity index (χ0v) is 25.1. The monoisotopic (exact) mass is 574 g/mol. The number of hydrogen-bond acceptors (Lipinski definition) is 6. The fourth-order valence-electron chi connectivity index (χ4n) is 5.60. The highest BCUT2D eigenvalue weighted by atomic mass is 32.2. The zero-order valence-electron chi connectivity index (χ0n) is 24.3. The average Bonchev–Trinajstić information content (AvgIpc) is 3.37. The van der Waals surface area contributed by atoms with Crippen LogP contribution < -0.4 is 4.72 Å². The van der Waals surface area contributed by atoms with Gasteiger partial charge in [-0.25, -0.2) is 18.1 Å². The molecule has 0 saturated carbocycles. The van der Waals surface area contributed by atoms with Crippen LogP contribution in [0.25, 0.3) is 11.1 Å². The van der Waals surface area contributed by atoms with Crippen molar-refractivity contribution in [3.8, 4) is 11.1 Å². The lowest BCUT2D eigenvalue weighted by molar-refractivity contribution is 0.0973. The van der Waals surface area contributed by atoms with Crippen molar-refractivity contribution in [2.24, 2.45) is 0 Å². The Bertz CT molecular complexity index is 1680. The number of aromatic nitrogens is 3. The SMILES string of the molecule is CCCc1cc(Cn2c(CCC)nc3c2C(=O)CCCC3)ccc1-c1ccccc1S(=O)(=O)Nc1onc(C)c1C. The molecule has 0 atom stereocenters. The highest BCUT2D eigenvalue weighted by Crippen LogP contribution is 2.34. The van der Waals surface area contributed by atoms with Gasteiger partial charge < -0.3 is 9.09 Å². The van der Waals surface area contributed by atoms with Crippen molar-refractivity contribution >= 4 is 21.7 Å². The van der Waals surface area contributed by atoms with E-state index in [-0.39, 0.29) is 16.6 Å². The van der Waals surface area contributed by atoms with E-state index in [9.17, 15) is 13.2 Å². The number of Topliss-reactive ketones (excluding diaryl/α,β-unsaturated/α-hetero) is 1. The summed E-state index contributed by atoms with van der Waals surface area (Å²) in [6.07, 6.45) is 6.77. The van der Waals surface area contributed by atoms with E-state index in [2.05, 4.69) is 34.4 Å². The first kappa shape index (κ1) is 28.8. The number of rotatable bonds is 10. The van der Waals surface area contributed by atoms with Gasteiger partial charge in [-0.3, -0.25) is 4.79 Å². The van der Waals surface area contributed by atoms with Crippen LogP contribution in [0.1, 0.15) is 90.3 Å². The molecular formula is C32H38N4O4S. The summed E-state index contributed by atoms with van der Waals surface area (Å²) < 4.78 is 37.1. The molecule has 4 aromatic rings. The number of imidazole rings is 1. The van der Waals surface area contributed by atoms with Gasteiger partial charge in [-0.2, -0.15) is 0 Å². The smallest absolute Gasteiger partial charge is 0.264 e. The van der Waals surface area contributed by atoms with Gasteiger partial charge in [0.25, 0.3) is 10.0 Å². The van der Waals surface area contributed by atoms with Crippen LogP contribution in [0.4, 0.5) is 5.88 Å². The van der Waals surface area contributed by atoms with Gasteiger partial charge in [-0.05, 0) is 68.7 Å². The Hall–Kier alpha value is -3.72. The molecule has 1 aliphatic rings. The maximum atomic E-state index is 13.6. The molecule has 41 heavy (non-hydrogen) atoms. The standard InChI is InChI=1S/C32H38N4O4S/c1-5-11-24-19-23(20-36-30(12-6-2)33-27-14-8-9-15-28(37)31(27)36)17-18-25(24)26-13-7-10-16-29(26)41(38,39)35-32-21(3)22(4)34-40-32/h7,10,13,16-19,35H,5-6,8-9,11-12,14-15,20H2,1-4H3. The predicted molar refractivity (Wildman–Crippen MR) is 160 cm³/mol. The Morgan fingerprint density at radius 3 is 2.46 bits per heavy atom. The predicted octanol–water partition coefficient (Wildman–Crippen LogP) is 6.82. The third-order valence-electron chi connectivity index (χ3n) is 7.80. The summed E-state index contributed by atoms with van der Waals surface area (Å²) in [5.41, 5.74) is 6.62. The maximum absolute atomic E-state index is 13.6. The van der Waals surface area contributed by atoms with Crippen molar-refractivity contribution < 1.29 is 17.7 Å². The number of carbonyl (C=O) groups excluding carboxylic acids is 1. The topological polar surface area (TPSA) is 107 Å². The van der Waals surface area contributed by atoms with E-state index in [0.29, 0.717) is 29.8 Å². The number of nitrogens with one attached hydrogen (secondary N) is 1. The molecule has 0 unspecified atom stereocenters. The summed E-state index contributed by atoms with van der Waals surface area (Å²) in [6.45, 7) is 8.35. The van der Waals surface area contributed by atoms with Crippen LogP contribution in [-0.4, -0.2) is 28.9 Å². The van der Waals surface area contributed by atoms with Crippen LogP contribution in [0.2, 0.25) is 0 Å². The van der Waals surface area contributed by atoms with Gasteiger partial charge in [0.05, 0.1) is 16.3 Å². The second-order valence-corrected chi connectivity index (χ2v) is 12.5. The van der Waals surface area contributed by atoms with E-state index in [0.717, 1.165) is 78.8 Å². The third-order valence-corrected chi connectivity index (χ3v) is 9.19. The van der Waals surface area contributed by atoms with Crippen LogP contribution >= 0.6 is 0 Å². The number of hydrogen-bond donors (Lipinski definition) is 1. The first-order valence-corrected chi connectivity index (χ1v) is 16.0. The minimum Gasteiger partial charge on any atom is -0.337 e. The first-order chi connectivity index (χ1) is 19.7. The number of ketones is 1. The van der Waals surface area contributed by atoms with Crippen molar-refractivity contribution in [3.05, 3.63) is 82.1 Å². The first-order valence-electron chi connectivity index (χ1n) is 14.5. The highest BCUT2D eigenvalue weighted by molar-refractivity contribution is 7.92. The van der Waals surface area contributed by atoms with Crippen molar-refractivity contribution in [1.82, 2.24) is 14.7 Å². The minimum atomic E-state index is -3.95. The number of sulfonamides is 1. The number of aryl methyl sites for hydroxylation is 4. The Morgan fingerprint density at radius 1 is 0.976 bits per heavy atom. The molecule has 0 radical (unpaired) electrons. The number of anilines is 1. The second-order valence-electron chi connectivity index (χ2n) is 10.9. The molecule has 2 aromatic heterocycles. The molecule has 1 N–H and O–H groups in total. The fraction of sp³-hybridized carbons (Fsp3) is 0.406. The summed E-state index contributed by atoms with van der Waals surface area (Å²) in [5, 5.41) is 3.88. The van der Waals surface area contributed by atoms with E-state index >= 15 is 0 Å². The summed E-state index contributed by atoms with van der Waals surface area (Å²) >= 11 is 0. The molecule has 0 saturated heterocycles. The quantitative estimate of drug-likeness (QED) is 0.208. The van der Waals surface area contributed by atoms with E-state index in [1.165, 1.54) is 0 Å². The van der Waals surface area contributed by atoms with Gasteiger partial charge in [0, 0.05) is 30.5 Å². The molecule has 1 aliphatic carbocycles. The molecule has 0 fully saturated rings. The molecule has 0 aliphatic heterocycles. The molecule has 2 aromatic carbocycles. The van der Waals surface area contributed by atoms with Crippen LogP contribution in [-0.2, 0) is 35.8 Å². The Morgan fingerprint density at radius 2 is 1.73 bits per heavy atom. The molecule has 0 bridgehead atoms. The van der Waals surface area contributed by atoms with E-state index in [4.69, 9.17) is 9.51 Å². The molecule has 9 heteroatoms. The highest BCUT2D eigenvalue weighted by Gasteiger charge is 2.26. The van der Waals surface area contributed by atoms with Gasteiger partial charge in [-0.1, -0.05) is 61.8 Å². The molecule has 2 heterocycles. The molecular weight excluding hydrogens is 536 g/mol. The van der Waals surface area contributed by atoms with Crippen LogP contribution in [0, 0.1) is 13.8 Å². The lowest BCUT2D eigenvalue weighted by atomic mass is 9.94. The van der Waals surface area contributed by atoms with Crippen molar-refractivity contribution in [3.63, 3.8) is 0 Å².